The zero-order chi connectivity index (χ0) is 17.1. The summed E-state index contributed by atoms with van der Waals surface area (Å²) in [4.78, 5) is 15.4. The predicted molar refractivity (Wildman–Crippen MR) is 89.7 cm³/mol. The Morgan fingerprint density at radius 3 is 2.50 bits per heavy atom. The highest BCUT2D eigenvalue weighted by atomic mass is 35.5. The second-order valence-electron chi connectivity index (χ2n) is 4.97. The van der Waals surface area contributed by atoms with Crippen molar-refractivity contribution in [2.75, 3.05) is 0 Å². The van der Waals surface area contributed by atoms with Crippen molar-refractivity contribution in [3.05, 3.63) is 77.2 Å². The highest BCUT2D eigenvalue weighted by molar-refractivity contribution is 6.32. The van der Waals surface area contributed by atoms with Crippen LogP contribution in [0.2, 0.25) is 5.02 Å². The standard InChI is InChI=1S/C18H12ClFN2O2/c19-14-10-11(15-2-1-3-16(22-15)18(21)23)4-9-17(14)24-13-7-5-12(20)6-8-13/h1-10H,(H2,21,23). The van der Waals surface area contributed by atoms with Crippen LogP contribution in [-0.2, 0) is 0 Å². The molecule has 0 aliphatic carbocycles. The van der Waals surface area contributed by atoms with Crippen LogP contribution >= 0.6 is 11.6 Å². The van der Waals surface area contributed by atoms with Gasteiger partial charge in [0, 0.05) is 5.56 Å². The fraction of sp³-hybridized carbons (Fsp3) is 0. The molecule has 0 saturated carbocycles. The van der Waals surface area contributed by atoms with Gasteiger partial charge in [0.05, 0.1) is 10.7 Å². The number of aromatic nitrogens is 1. The molecule has 3 aromatic rings. The lowest BCUT2D eigenvalue weighted by molar-refractivity contribution is 0.0995. The van der Waals surface area contributed by atoms with Crippen LogP contribution in [-0.4, -0.2) is 10.9 Å². The summed E-state index contributed by atoms with van der Waals surface area (Å²) in [6.07, 6.45) is 0. The van der Waals surface area contributed by atoms with E-state index in [4.69, 9.17) is 22.1 Å². The number of nitrogens with two attached hydrogens (primary N) is 1. The van der Waals surface area contributed by atoms with E-state index < -0.39 is 5.91 Å². The lowest BCUT2D eigenvalue weighted by Crippen LogP contribution is -2.12. The molecule has 0 bridgehead atoms. The second kappa shape index (κ2) is 6.68. The van der Waals surface area contributed by atoms with E-state index in [-0.39, 0.29) is 11.5 Å². The Kier molecular flexibility index (Phi) is 4.44. The molecule has 1 amide bonds. The van der Waals surface area contributed by atoms with E-state index in [1.165, 1.54) is 24.3 Å². The first-order valence-corrected chi connectivity index (χ1v) is 7.41. The van der Waals surface area contributed by atoms with E-state index in [2.05, 4.69) is 4.98 Å². The third-order valence-electron chi connectivity index (χ3n) is 3.27. The summed E-state index contributed by atoms with van der Waals surface area (Å²) in [6, 6.07) is 15.7. The Bertz CT molecular complexity index is 898. The van der Waals surface area contributed by atoms with Crippen LogP contribution in [0.15, 0.2) is 60.7 Å². The fourth-order valence-electron chi connectivity index (χ4n) is 2.11. The molecule has 0 saturated heterocycles. The predicted octanol–water partition coefficient (Wildman–Crippen LogP) is 4.43. The zero-order valence-electron chi connectivity index (χ0n) is 12.4. The smallest absolute Gasteiger partial charge is 0.267 e. The number of rotatable bonds is 4. The van der Waals surface area contributed by atoms with Gasteiger partial charge in [-0.3, -0.25) is 4.79 Å². The molecule has 24 heavy (non-hydrogen) atoms. The van der Waals surface area contributed by atoms with E-state index in [9.17, 15) is 9.18 Å². The van der Waals surface area contributed by atoms with Gasteiger partial charge in [-0.25, -0.2) is 9.37 Å². The zero-order valence-corrected chi connectivity index (χ0v) is 13.1. The SMILES string of the molecule is NC(=O)c1cccc(-c2ccc(Oc3ccc(F)cc3)c(Cl)c2)n1. The number of ether oxygens (including phenoxy) is 1. The number of primary amides is 1. The van der Waals surface area contributed by atoms with Crippen LogP contribution in [0.4, 0.5) is 4.39 Å². The first kappa shape index (κ1) is 16.0. The third kappa shape index (κ3) is 3.52. The van der Waals surface area contributed by atoms with Gasteiger partial charge < -0.3 is 10.5 Å². The van der Waals surface area contributed by atoms with Gasteiger partial charge in [-0.2, -0.15) is 0 Å². The molecule has 0 fully saturated rings. The summed E-state index contributed by atoms with van der Waals surface area (Å²) in [5, 5.41) is 0.364. The summed E-state index contributed by atoms with van der Waals surface area (Å²) in [5.74, 6) is -0.0404. The van der Waals surface area contributed by atoms with Crippen LogP contribution in [0, 0.1) is 5.82 Å². The minimum absolute atomic E-state index is 0.176. The molecule has 0 radical (unpaired) electrons. The number of halogens is 2. The number of carbonyl (C=O) groups is 1. The first-order valence-electron chi connectivity index (χ1n) is 7.03. The summed E-state index contributed by atoms with van der Waals surface area (Å²) in [6.45, 7) is 0. The maximum atomic E-state index is 12.9. The molecule has 4 nitrogen and oxygen atoms in total. The minimum Gasteiger partial charge on any atom is -0.456 e. The highest BCUT2D eigenvalue weighted by Gasteiger charge is 2.09. The topological polar surface area (TPSA) is 65.2 Å². The van der Waals surface area contributed by atoms with Crippen LogP contribution in [0.1, 0.15) is 10.5 Å². The van der Waals surface area contributed by atoms with Crippen LogP contribution < -0.4 is 10.5 Å². The van der Waals surface area contributed by atoms with Crippen molar-refractivity contribution in [3.8, 4) is 22.8 Å². The van der Waals surface area contributed by atoms with Gasteiger partial charge in [0.25, 0.3) is 5.91 Å². The van der Waals surface area contributed by atoms with E-state index in [1.807, 2.05) is 0 Å². The molecule has 0 aliphatic rings. The average Bonchev–Trinajstić information content (AvgIpc) is 2.58. The van der Waals surface area contributed by atoms with Crippen molar-refractivity contribution in [3.63, 3.8) is 0 Å². The van der Waals surface area contributed by atoms with E-state index in [1.54, 1.807) is 36.4 Å². The number of amides is 1. The summed E-state index contributed by atoms with van der Waals surface area (Å²) in [7, 11) is 0. The number of hydrogen-bond donors (Lipinski definition) is 1. The first-order chi connectivity index (χ1) is 11.5. The number of pyridine rings is 1. The van der Waals surface area contributed by atoms with Gasteiger partial charge in [-0.15, -0.1) is 0 Å². The summed E-state index contributed by atoms with van der Waals surface area (Å²) in [5.41, 5.74) is 6.70. The number of carbonyl (C=O) groups excluding carboxylic acids is 1. The quantitative estimate of drug-likeness (QED) is 0.762. The summed E-state index contributed by atoms with van der Waals surface area (Å²) >= 11 is 6.24. The molecule has 0 spiro atoms. The largest absolute Gasteiger partial charge is 0.456 e. The summed E-state index contributed by atoms with van der Waals surface area (Å²) < 4.78 is 18.5. The Morgan fingerprint density at radius 1 is 1.08 bits per heavy atom. The van der Waals surface area contributed by atoms with E-state index >= 15 is 0 Å². The van der Waals surface area contributed by atoms with Crippen molar-refractivity contribution < 1.29 is 13.9 Å². The molecule has 1 aromatic heterocycles. The van der Waals surface area contributed by atoms with Crippen molar-refractivity contribution in [2.24, 2.45) is 5.73 Å². The van der Waals surface area contributed by atoms with Crippen LogP contribution in [0.25, 0.3) is 11.3 Å². The molecule has 2 aromatic carbocycles. The van der Waals surface area contributed by atoms with Gasteiger partial charge in [0.15, 0.2) is 0 Å². The van der Waals surface area contributed by atoms with E-state index in [0.29, 0.717) is 22.2 Å². The van der Waals surface area contributed by atoms with Crippen molar-refractivity contribution in [1.29, 1.82) is 0 Å². The van der Waals surface area contributed by atoms with Gasteiger partial charge >= 0.3 is 0 Å². The molecule has 0 aliphatic heterocycles. The lowest BCUT2D eigenvalue weighted by Gasteiger charge is -2.09. The molecule has 3 rings (SSSR count). The number of benzene rings is 2. The monoisotopic (exact) mass is 342 g/mol. The molecular weight excluding hydrogens is 331 g/mol. The van der Waals surface area contributed by atoms with Crippen LogP contribution in [0.3, 0.4) is 0 Å². The lowest BCUT2D eigenvalue weighted by atomic mass is 10.1. The Hall–Kier alpha value is -2.92. The van der Waals surface area contributed by atoms with Gasteiger partial charge in [-0.05, 0) is 54.6 Å². The molecule has 1 heterocycles. The van der Waals surface area contributed by atoms with Gasteiger partial charge in [0.1, 0.15) is 23.0 Å². The normalized spacial score (nSPS) is 10.4. The molecule has 6 heteroatoms. The molecule has 0 unspecified atom stereocenters. The highest BCUT2D eigenvalue weighted by Crippen LogP contribution is 2.33. The maximum Gasteiger partial charge on any atom is 0.267 e. The van der Waals surface area contributed by atoms with Gasteiger partial charge in [0.2, 0.25) is 0 Å². The second-order valence-corrected chi connectivity index (χ2v) is 5.38. The number of hydrogen-bond acceptors (Lipinski definition) is 3. The number of nitrogens with zero attached hydrogens (tertiary/aromatic N) is 1. The molecule has 2 N–H and O–H groups in total. The minimum atomic E-state index is -0.598. The average molecular weight is 343 g/mol. The Labute approximate surface area is 142 Å². The van der Waals surface area contributed by atoms with E-state index in [0.717, 1.165) is 5.56 Å². The Morgan fingerprint density at radius 2 is 1.83 bits per heavy atom. The molecule has 120 valence electrons. The van der Waals surface area contributed by atoms with Crippen LogP contribution in [0.5, 0.6) is 11.5 Å². The maximum absolute atomic E-state index is 12.9. The fourth-order valence-corrected chi connectivity index (χ4v) is 2.32. The van der Waals surface area contributed by atoms with Gasteiger partial charge in [-0.1, -0.05) is 17.7 Å². The molecular formula is C18H12ClFN2O2. The third-order valence-corrected chi connectivity index (χ3v) is 3.57. The van der Waals surface area contributed by atoms with Crippen molar-refractivity contribution in [1.82, 2.24) is 4.98 Å². The van der Waals surface area contributed by atoms with Crippen molar-refractivity contribution in [2.45, 2.75) is 0 Å². The molecule has 0 atom stereocenters. The Balaban J connectivity index is 1.88. The van der Waals surface area contributed by atoms with Crippen molar-refractivity contribution >= 4 is 17.5 Å².